The van der Waals surface area contributed by atoms with Gasteiger partial charge in [-0.3, -0.25) is 0 Å². The van der Waals surface area contributed by atoms with Gasteiger partial charge in [0.15, 0.2) is 5.67 Å². The fourth-order valence-electron chi connectivity index (χ4n) is 2.01. The first kappa shape index (κ1) is 14.3. The summed E-state index contributed by atoms with van der Waals surface area (Å²) in [5, 5.41) is 0.915. The minimum absolute atomic E-state index is 0.0615. The molecule has 0 bridgehead atoms. The highest BCUT2D eigenvalue weighted by Gasteiger charge is 2.32. The van der Waals surface area contributed by atoms with Crippen LogP contribution in [0.2, 0.25) is 10.0 Å². The van der Waals surface area contributed by atoms with Crippen LogP contribution in [0.3, 0.4) is 0 Å². The van der Waals surface area contributed by atoms with E-state index in [-0.39, 0.29) is 13.0 Å². The molecule has 0 aliphatic carbocycles. The lowest BCUT2D eigenvalue weighted by atomic mass is 9.89. The maximum Gasteiger partial charge on any atom is 0.152 e. The first-order valence-corrected chi connectivity index (χ1v) is 6.70. The van der Waals surface area contributed by atoms with Gasteiger partial charge in [-0.2, -0.15) is 0 Å². The molecule has 0 aliphatic rings. The molecule has 0 aliphatic heterocycles. The highest BCUT2D eigenvalue weighted by molar-refractivity contribution is 6.36. The molecule has 0 saturated heterocycles. The maximum atomic E-state index is 15.1. The second kappa shape index (κ2) is 5.91. The molecule has 2 rings (SSSR count). The van der Waals surface area contributed by atoms with E-state index >= 15 is 4.39 Å². The standard InChI is InChI=1S/C15H14Cl2FN/c16-13-7-4-8-14(17)12(13)9-15(18,10-19)11-5-2-1-3-6-11/h1-8H,9-10,19H2. The van der Waals surface area contributed by atoms with Gasteiger partial charge in [-0.15, -0.1) is 0 Å². The van der Waals surface area contributed by atoms with Crippen LogP contribution in [0.15, 0.2) is 48.5 Å². The van der Waals surface area contributed by atoms with Gasteiger partial charge in [-0.1, -0.05) is 59.6 Å². The third-order valence-corrected chi connectivity index (χ3v) is 3.84. The fourth-order valence-corrected chi connectivity index (χ4v) is 2.54. The molecule has 0 aromatic heterocycles. The van der Waals surface area contributed by atoms with Crippen molar-refractivity contribution in [1.29, 1.82) is 0 Å². The van der Waals surface area contributed by atoms with Crippen molar-refractivity contribution in [3.63, 3.8) is 0 Å². The molecular formula is C15H14Cl2FN. The minimum Gasteiger partial charge on any atom is -0.327 e. The van der Waals surface area contributed by atoms with E-state index in [4.69, 9.17) is 28.9 Å². The van der Waals surface area contributed by atoms with Gasteiger partial charge in [0, 0.05) is 23.0 Å². The van der Waals surface area contributed by atoms with E-state index in [1.807, 2.05) is 6.07 Å². The summed E-state index contributed by atoms with van der Waals surface area (Å²) < 4.78 is 15.1. The Balaban J connectivity index is 2.39. The van der Waals surface area contributed by atoms with Gasteiger partial charge in [0.05, 0.1) is 0 Å². The number of nitrogens with two attached hydrogens (primary N) is 1. The van der Waals surface area contributed by atoms with E-state index in [2.05, 4.69) is 0 Å². The zero-order valence-electron chi connectivity index (χ0n) is 10.2. The number of benzene rings is 2. The third kappa shape index (κ3) is 3.08. The van der Waals surface area contributed by atoms with Gasteiger partial charge < -0.3 is 5.73 Å². The number of halogens is 3. The summed E-state index contributed by atoms with van der Waals surface area (Å²) in [6.07, 6.45) is 0.0615. The molecule has 100 valence electrons. The highest BCUT2D eigenvalue weighted by Crippen LogP contribution is 2.34. The molecule has 1 nitrogen and oxygen atoms in total. The second-order valence-corrected chi connectivity index (χ2v) is 5.23. The Hall–Kier alpha value is -1.09. The monoisotopic (exact) mass is 297 g/mol. The lowest BCUT2D eigenvalue weighted by Gasteiger charge is -2.25. The van der Waals surface area contributed by atoms with Crippen molar-refractivity contribution in [2.24, 2.45) is 5.73 Å². The van der Waals surface area contributed by atoms with Crippen LogP contribution in [0.25, 0.3) is 0 Å². The summed E-state index contributed by atoms with van der Waals surface area (Å²) in [4.78, 5) is 0. The molecule has 0 heterocycles. The fraction of sp³-hybridized carbons (Fsp3) is 0.200. The Morgan fingerprint density at radius 3 is 2.05 bits per heavy atom. The molecule has 0 fully saturated rings. The Morgan fingerprint density at radius 2 is 1.53 bits per heavy atom. The lowest BCUT2D eigenvalue weighted by Crippen LogP contribution is -2.33. The summed E-state index contributed by atoms with van der Waals surface area (Å²) in [5.41, 5.74) is 5.08. The Kier molecular flexibility index (Phi) is 4.46. The summed E-state index contributed by atoms with van der Waals surface area (Å²) in [5.74, 6) is 0. The van der Waals surface area contributed by atoms with E-state index in [1.54, 1.807) is 42.5 Å². The number of alkyl halides is 1. The second-order valence-electron chi connectivity index (χ2n) is 4.41. The van der Waals surface area contributed by atoms with Crippen molar-refractivity contribution in [3.8, 4) is 0 Å². The average molecular weight is 298 g/mol. The van der Waals surface area contributed by atoms with Crippen LogP contribution in [0.1, 0.15) is 11.1 Å². The predicted octanol–water partition coefficient (Wildman–Crippen LogP) is 4.36. The molecule has 2 aromatic carbocycles. The van der Waals surface area contributed by atoms with E-state index in [0.29, 0.717) is 21.2 Å². The number of rotatable bonds is 4. The van der Waals surface area contributed by atoms with Gasteiger partial charge in [0.2, 0.25) is 0 Å². The van der Waals surface area contributed by atoms with Crippen molar-refractivity contribution in [1.82, 2.24) is 0 Å². The SMILES string of the molecule is NCC(F)(Cc1c(Cl)cccc1Cl)c1ccccc1. The van der Waals surface area contributed by atoms with Crippen molar-refractivity contribution in [2.75, 3.05) is 6.54 Å². The molecular weight excluding hydrogens is 284 g/mol. The Morgan fingerprint density at radius 1 is 0.947 bits per heavy atom. The van der Waals surface area contributed by atoms with Gasteiger partial charge >= 0.3 is 0 Å². The number of hydrogen-bond acceptors (Lipinski definition) is 1. The molecule has 19 heavy (non-hydrogen) atoms. The topological polar surface area (TPSA) is 26.0 Å². The van der Waals surface area contributed by atoms with Crippen LogP contribution in [-0.2, 0) is 12.1 Å². The van der Waals surface area contributed by atoms with E-state index < -0.39 is 5.67 Å². The van der Waals surface area contributed by atoms with Crippen molar-refractivity contribution >= 4 is 23.2 Å². The molecule has 2 N–H and O–H groups in total. The van der Waals surface area contributed by atoms with Crippen molar-refractivity contribution < 1.29 is 4.39 Å². The van der Waals surface area contributed by atoms with Crippen LogP contribution in [0.4, 0.5) is 4.39 Å². The first-order valence-electron chi connectivity index (χ1n) is 5.94. The molecule has 1 atom stereocenters. The van der Waals surface area contributed by atoms with Gasteiger partial charge in [0.25, 0.3) is 0 Å². The van der Waals surface area contributed by atoms with Crippen LogP contribution >= 0.6 is 23.2 Å². The quantitative estimate of drug-likeness (QED) is 0.891. The Labute approximate surface area is 122 Å². The van der Waals surface area contributed by atoms with Crippen LogP contribution in [-0.4, -0.2) is 6.54 Å². The molecule has 1 unspecified atom stereocenters. The maximum absolute atomic E-state index is 15.1. The summed E-state index contributed by atoms with van der Waals surface area (Å²) in [6.45, 7) is -0.126. The predicted molar refractivity (Wildman–Crippen MR) is 78.4 cm³/mol. The minimum atomic E-state index is -1.67. The largest absolute Gasteiger partial charge is 0.327 e. The molecule has 0 saturated carbocycles. The van der Waals surface area contributed by atoms with Crippen molar-refractivity contribution in [2.45, 2.75) is 12.1 Å². The van der Waals surface area contributed by atoms with E-state index in [1.165, 1.54) is 0 Å². The molecule has 0 amide bonds. The summed E-state index contributed by atoms with van der Waals surface area (Å²) in [7, 11) is 0. The average Bonchev–Trinajstić information content (AvgIpc) is 2.44. The normalized spacial score (nSPS) is 14.1. The van der Waals surface area contributed by atoms with E-state index in [0.717, 1.165) is 0 Å². The van der Waals surface area contributed by atoms with Crippen LogP contribution < -0.4 is 5.73 Å². The zero-order valence-corrected chi connectivity index (χ0v) is 11.8. The van der Waals surface area contributed by atoms with Gasteiger partial charge in [-0.05, 0) is 23.3 Å². The molecule has 2 aromatic rings. The van der Waals surface area contributed by atoms with Gasteiger partial charge in [0.1, 0.15) is 0 Å². The summed E-state index contributed by atoms with van der Waals surface area (Å²) >= 11 is 12.2. The smallest absolute Gasteiger partial charge is 0.152 e. The van der Waals surface area contributed by atoms with Crippen molar-refractivity contribution in [3.05, 3.63) is 69.7 Å². The zero-order chi connectivity index (χ0) is 13.9. The van der Waals surface area contributed by atoms with Crippen LogP contribution in [0, 0.1) is 0 Å². The Bertz CT molecular complexity index is 539. The van der Waals surface area contributed by atoms with Gasteiger partial charge in [-0.25, -0.2) is 4.39 Å². The molecule has 4 heteroatoms. The molecule has 0 radical (unpaired) electrons. The third-order valence-electron chi connectivity index (χ3n) is 3.13. The van der Waals surface area contributed by atoms with E-state index in [9.17, 15) is 0 Å². The van der Waals surface area contributed by atoms with Crippen LogP contribution in [0.5, 0.6) is 0 Å². The highest BCUT2D eigenvalue weighted by atomic mass is 35.5. The molecule has 0 spiro atoms. The first-order chi connectivity index (χ1) is 9.07. The summed E-state index contributed by atoms with van der Waals surface area (Å²) in [6, 6.07) is 14.0. The number of hydrogen-bond donors (Lipinski definition) is 1. The lowest BCUT2D eigenvalue weighted by molar-refractivity contribution is 0.175.